The number of rotatable bonds is 4. The van der Waals surface area contributed by atoms with Gasteiger partial charge in [-0.25, -0.2) is 0 Å². The van der Waals surface area contributed by atoms with E-state index in [0.29, 0.717) is 0 Å². The Labute approximate surface area is 94.9 Å². The Morgan fingerprint density at radius 1 is 1.00 bits per heavy atom. The Bertz CT molecular complexity index is 223. The third-order valence-electron chi connectivity index (χ3n) is 1.17. The van der Waals surface area contributed by atoms with Crippen molar-refractivity contribution in [2.45, 2.75) is 34.6 Å². The molecule has 0 aromatic heterocycles. The summed E-state index contributed by atoms with van der Waals surface area (Å²) in [6.07, 6.45) is 5.23. The smallest absolute Gasteiger partial charge is 0.0833 e. The van der Waals surface area contributed by atoms with Gasteiger partial charge in [-0.15, -0.1) is 0 Å². The molecule has 0 N–H and O–H groups in total. The van der Waals surface area contributed by atoms with E-state index >= 15 is 0 Å². The summed E-state index contributed by atoms with van der Waals surface area (Å²) in [6, 6.07) is 0. The number of aliphatic imine (C=N–C) groups is 2. The first kappa shape index (κ1) is 19.2. The van der Waals surface area contributed by atoms with E-state index in [4.69, 9.17) is 0 Å². The van der Waals surface area contributed by atoms with E-state index in [-0.39, 0.29) is 0 Å². The van der Waals surface area contributed by atoms with Crippen LogP contribution in [0.15, 0.2) is 46.2 Å². The Morgan fingerprint density at radius 2 is 1.47 bits per heavy atom. The predicted octanol–water partition coefficient (Wildman–Crippen LogP) is 4.41. The van der Waals surface area contributed by atoms with E-state index in [1.54, 1.807) is 18.2 Å². The summed E-state index contributed by atoms with van der Waals surface area (Å²) in [5.74, 6) is 0. The first-order valence-electron chi connectivity index (χ1n) is 5.19. The van der Waals surface area contributed by atoms with E-state index in [1.165, 1.54) is 0 Å². The number of hydrogen-bond donors (Lipinski definition) is 0. The zero-order valence-electron chi connectivity index (χ0n) is 10.7. The highest BCUT2D eigenvalue weighted by Gasteiger charge is 1.90. The van der Waals surface area contributed by atoms with Crippen molar-refractivity contribution in [1.82, 2.24) is 0 Å². The lowest BCUT2D eigenvalue weighted by molar-refractivity contribution is 1.22. The number of hydrogen-bond acceptors (Lipinski definition) is 2. The highest BCUT2D eigenvalue weighted by molar-refractivity contribution is 5.38. The SMILES string of the molecule is C=C/C=C\C(N=C)=C(/C)N=C.CC.CC. The molecule has 0 aromatic rings. The monoisotopic (exact) mass is 208 g/mol. The molecule has 0 radical (unpaired) electrons. The molecule has 2 nitrogen and oxygen atoms in total. The zero-order valence-corrected chi connectivity index (χ0v) is 10.7. The number of allylic oxidation sites excluding steroid dienone is 4. The van der Waals surface area contributed by atoms with Crippen molar-refractivity contribution < 1.29 is 0 Å². The summed E-state index contributed by atoms with van der Waals surface area (Å²) >= 11 is 0. The minimum atomic E-state index is 0.722. The van der Waals surface area contributed by atoms with Crippen molar-refractivity contribution in [1.29, 1.82) is 0 Å². The van der Waals surface area contributed by atoms with Crippen LogP contribution < -0.4 is 0 Å². The second-order valence-electron chi connectivity index (χ2n) is 1.88. The highest BCUT2D eigenvalue weighted by atomic mass is 14.8. The lowest BCUT2D eigenvalue weighted by Gasteiger charge is -1.94. The van der Waals surface area contributed by atoms with Crippen molar-refractivity contribution in [2.75, 3.05) is 0 Å². The van der Waals surface area contributed by atoms with Gasteiger partial charge in [0, 0.05) is 0 Å². The molecule has 0 rings (SSSR count). The molecule has 0 fully saturated rings. The molecule has 0 aromatic carbocycles. The van der Waals surface area contributed by atoms with Gasteiger partial charge in [0.15, 0.2) is 0 Å². The normalized spacial score (nSPS) is 9.93. The van der Waals surface area contributed by atoms with Crippen LogP contribution in [0, 0.1) is 0 Å². The molecule has 0 unspecified atom stereocenters. The minimum Gasteiger partial charge on any atom is -0.267 e. The Balaban J connectivity index is -0.000000318. The van der Waals surface area contributed by atoms with Crippen molar-refractivity contribution in [3.63, 3.8) is 0 Å². The Hall–Kier alpha value is -1.44. The molecule has 0 saturated carbocycles. The molecule has 0 spiro atoms. The van der Waals surface area contributed by atoms with Gasteiger partial charge in [-0.2, -0.15) is 0 Å². The van der Waals surface area contributed by atoms with Gasteiger partial charge in [0.05, 0.1) is 11.4 Å². The molecule has 0 saturated heterocycles. The molecular formula is C13H24N2. The maximum atomic E-state index is 3.76. The fourth-order valence-corrected chi connectivity index (χ4v) is 0.528. The van der Waals surface area contributed by atoms with Crippen molar-refractivity contribution in [3.05, 3.63) is 36.2 Å². The van der Waals surface area contributed by atoms with Gasteiger partial charge in [0.2, 0.25) is 0 Å². The molecular weight excluding hydrogens is 184 g/mol. The van der Waals surface area contributed by atoms with Crippen molar-refractivity contribution in [2.24, 2.45) is 9.98 Å². The lowest BCUT2D eigenvalue weighted by atomic mass is 10.3. The predicted molar refractivity (Wildman–Crippen MR) is 73.8 cm³/mol. The molecule has 86 valence electrons. The Kier molecular flexibility index (Phi) is 23.5. The molecule has 0 heterocycles. The van der Waals surface area contributed by atoms with E-state index in [1.807, 2.05) is 34.6 Å². The molecule has 0 atom stereocenters. The summed E-state index contributed by atoms with van der Waals surface area (Å²) in [7, 11) is 0. The number of nitrogens with zero attached hydrogens (tertiary/aromatic N) is 2. The lowest BCUT2D eigenvalue weighted by Crippen LogP contribution is -1.76. The van der Waals surface area contributed by atoms with Crippen LogP contribution in [-0.2, 0) is 0 Å². The van der Waals surface area contributed by atoms with Gasteiger partial charge in [0.25, 0.3) is 0 Å². The summed E-state index contributed by atoms with van der Waals surface area (Å²) in [5.41, 5.74) is 1.48. The van der Waals surface area contributed by atoms with Crippen molar-refractivity contribution in [3.8, 4) is 0 Å². The minimum absolute atomic E-state index is 0.722. The van der Waals surface area contributed by atoms with E-state index in [9.17, 15) is 0 Å². The molecule has 2 heteroatoms. The van der Waals surface area contributed by atoms with Crippen LogP contribution in [-0.4, -0.2) is 13.4 Å². The topological polar surface area (TPSA) is 24.7 Å². The standard InChI is InChI=1S/C9H12N2.2C2H6/c1-5-6-7-9(11-4)8(2)10-3;2*1-2/h5-7H,1,3-4H2,2H3;2*1-2H3/b7-6-,9-8-;;. The average molecular weight is 208 g/mol. The Morgan fingerprint density at radius 3 is 1.73 bits per heavy atom. The maximum absolute atomic E-state index is 3.76. The van der Waals surface area contributed by atoms with Crippen LogP contribution in [0.3, 0.4) is 0 Å². The highest BCUT2D eigenvalue weighted by Crippen LogP contribution is 2.06. The fraction of sp³-hybridized carbons (Fsp3) is 0.385. The van der Waals surface area contributed by atoms with Gasteiger partial charge < -0.3 is 0 Å². The second-order valence-corrected chi connectivity index (χ2v) is 1.88. The van der Waals surface area contributed by atoms with Gasteiger partial charge in [0.1, 0.15) is 0 Å². The third kappa shape index (κ3) is 12.6. The largest absolute Gasteiger partial charge is 0.267 e. The zero-order chi connectivity index (χ0) is 12.7. The van der Waals surface area contributed by atoms with Gasteiger partial charge in [-0.1, -0.05) is 46.4 Å². The second kappa shape index (κ2) is 18.4. The van der Waals surface area contributed by atoms with Gasteiger partial charge in [-0.05, 0) is 26.4 Å². The van der Waals surface area contributed by atoms with E-state index in [2.05, 4.69) is 30.0 Å². The van der Waals surface area contributed by atoms with Gasteiger partial charge >= 0.3 is 0 Å². The van der Waals surface area contributed by atoms with Crippen LogP contribution in [0.1, 0.15) is 34.6 Å². The van der Waals surface area contributed by atoms with Crippen molar-refractivity contribution >= 4 is 13.4 Å². The van der Waals surface area contributed by atoms with E-state index in [0.717, 1.165) is 11.4 Å². The maximum Gasteiger partial charge on any atom is 0.0833 e. The molecule has 15 heavy (non-hydrogen) atoms. The molecule has 0 aliphatic carbocycles. The van der Waals surface area contributed by atoms with Gasteiger partial charge in [-0.3, -0.25) is 9.98 Å². The van der Waals surface area contributed by atoms with E-state index < -0.39 is 0 Å². The summed E-state index contributed by atoms with van der Waals surface area (Å²) in [6.45, 7) is 20.1. The summed E-state index contributed by atoms with van der Waals surface area (Å²) in [4.78, 5) is 7.48. The molecule has 0 aliphatic heterocycles. The van der Waals surface area contributed by atoms with Crippen LogP contribution in [0.2, 0.25) is 0 Å². The van der Waals surface area contributed by atoms with Crippen LogP contribution in [0.25, 0.3) is 0 Å². The average Bonchev–Trinajstić information content (AvgIpc) is 2.34. The summed E-state index contributed by atoms with van der Waals surface area (Å²) < 4.78 is 0. The van der Waals surface area contributed by atoms with Crippen LogP contribution in [0.5, 0.6) is 0 Å². The first-order valence-corrected chi connectivity index (χ1v) is 5.19. The van der Waals surface area contributed by atoms with Crippen LogP contribution >= 0.6 is 0 Å². The van der Waals surface area contributed by atoms with Crippen LogP contribution in [0.4, 0.5) is 0 Å². The fourth-order valence-electron chi connectivity index (χ4n) is 0.528. The molecule has 0 aliphatic rings. The quantitative estimate of drug-likeness (QED) is 0.483. The summed E-state index contributed by atoms with van der Waals surface area (Å²) in [5, 5.41) is 0. The molecule has 0 amide bonds. The third-order valence-corrected chi connectivity index (χ3v) is 1.17. The first-order chi connectivity index (χ1) is 7.26. The molecule has 0 bridgehead atoms.